The fraction of sp³-hybridized carbons (Fsp3) is 0.625. The summed E-state index contributed by atoms with van der Waals surface area (Å²) in [4.78, 5) is 0. The van der Waals surface area contributed by atoms with E-state index in [-0.39, 0.29) is 12.2 Å². The Kier molecular flexibility index (Phi) is 7.01. The zero-order valence-electron chi connectivity index (χ0n) is 12.1. The molecule has 1 aromatic rings. The van der Waals surface area contributed by atoms with Gasteiger partial charge in [-0.25, -0.2) is 0 Å². The molecule has 1 aliphatic rings. The number of hydrogen-bond donors (Lipinski definition) is 0. The van der Waals surface area contributed by atoms with Gasteiger partial charge in [0.25, 0.3) is 0 Å². The van der Waals surface area contributed by atoms with E-state index in [0.717, 1.165) is 12.8 Å². The largest absolute Gasteiger partial charge is 0.382 e. The molecule has 1 aromatic carbocycles. The highest BCUT2D eigenvalue weighted by Crippen LogP contribution is 2.17. The van der Waals surface area contributed by atoms with Gasteiger partial charge in [-0.1, -0.05) is 30.3 Å². The van der Waals surface area contributed by atoms with Crippen LogP contribution in [0.2, 0.25) is 0 Å². The summed E-state index contributed by atoms with van der Waals surface area (Å²) in [6.07, 6.45) is 2.42. The maximum absolute atomic E-state index is 5.77. The summed E-state index contributed by atoms with van der Waals surface area (Å²) in [5.74, 6) is 0. The van der Waals surface area contributed by atoms with Gasteiger partial charge < -0.3 is 18.9 Å². The van der Waals surface area contributed by atoms with Crippen molar-refractivity contribution in [2.45, 2.75) is 31.7 Å². The van der Waals surface area contributed by atoms with Crippen molar-refractivity contribution in [3.05, 3.63) is 35.9 Å². The van der Waals surface area contributed by atoms with Crippen LogP contribution in [-0.4, -0.2) is 45.7 Å². The topological polar surface area (TPSA) is 36.9 Å². The lowest BCUT2D eigenvalue weighted by atomic mass is 10.1. The van der Waals surface area contributed by atoms with Crippen LogP contribution in [0.15, 0.2) is 30.3 Å². The Morgan fingerprint density at radius 3 is 2.70 bits per heavy atom. The molecular formula is C16H24O4. The van der Waals surface area contributed by atoms with Crippen molar-refractivity contribution in [2.24, 2.45) is 0 Å². The van der Waals surface area contributed by atoms with Gasteiger partial charge in [0.1, 0.15) is 0 Å². The van der Waals surface area contributed by atoms with Gasteiger partial charge in [0.2, 0.25) is 0 Å². The molecule has 1 heterocycles. The van der Waals surface area contributed by atoms with Crippen molar-refractivity contribution in [1.29, 1.82) is 0 Å². The summed E-state index contributed by atoms with van der Waals surface area (Å²) in [6, 6.07) is 10.2. The molecule has 20 heavy (non-hydrogen) atoms. The van der Waals surface area contributed by atoms with Crippen LogP contribution in [0.4, 0.5) is 0 Å². The van der Waals surface area contributed by atoms with E-state index in [0.29, 0.717) is 33.0 Å². The zero-order chi connectivity index (χ0) is 14.0. The Balaban J connectivity index is 1.55. The Morgan fingerprint density at radius 1 is 1.15 bits per heavy atom. The first-order chi connectivity index (χ1) is 9.88. The minimum atomic E-state index is 0.195. The molecule has 0 amide bonds. The van der Waals surface area contributed by atoms with E-state index in [4.69, 9.17) is 18.9 Å². The first-order valence-corrected chi connectivity index (χ1v) is 7.22. The fourth-order valence-electron chi connectivity index (χ4n) is 2.23. The second kappa shape index (κ2) is 9.08. The van der Waals surface area contributed by atoms with E-state index in [9.17, 15) is 0 Å². The Hall–Kier alpha value is -0.940. The zero-order valence-corrected chi connectivity index (χ0v) is 12.1. The summed E-state index contributed by atoms with van der Waals surface area (Å²) in [5, 5.41) is 0. The van der Waals surface area contributed by atoms with E-state index < -0.39 is 0 Å². The van der Waals surface area contributed by atoms with Gasteiger partial charge in [-0.05, 0) is 18.4 Å². The van der Waals surface area contributed by atoms with Crippen LogP contribution in [0.1, 0.15) is 18.4 Å². The highest BCUT2D eigenvalue weighted by atomic mass is 16.6. The number of methoxy groups -OCH3 is 1. The quantitative estimate of drug-likeness (QED) is 0.685. The second-order valence-corrected chi connectivity index (χ2v) is 5.02. The minimum absolute atomic E-state index is 0.195. The molecule has 1 aliphatic heterocycles. The van der Waals surface area contributed by atoms with E-state index in [1.165, 1.54) is 5.56 Å². The highest BCUT2D eigenvalue weighted by Gasteiger charge is 2.22. The molecule has 2 atom stereocenters. The summed E-state index contributed by atoms with van der Waals surface area (Å²) in [7, 11) is 1.68. The van der Waals surface area contributed by atoms with Crippen LogP contribution in [0.25, 0.3) is 0 Å². The molecule has 0 aliphatic carbocycles. The number of benzene rings is 1. The summed E-state index contributed by atoms with van der Waals surface area (Å²) in [6.45, 7) is 3.23. The van der Waals surface area contributed by atoms with Crippen LogP contribution in [0, 0.1) is 0 Å². The van der Waals surface area contributed by atoms with Gasteiger partial charge in [-0.3, -0.25) is 0 Å². The first-order valence-electron chi connectivity index (χ1n) is 7.22. The predicted molar refractivity (Wildman–Crippen MR) is 76.7 cm³/mol. The molecule has 1 fully saturated rings. The molecule has 4 nitrogen and oxygen atoms in total. The Labute approximate surface area is 121 Å². The van der Waals surface area contributed by atoms with Gasteiger partial charge in [-0.2, -0.15) is 0 Å². The molecule has 0 spiro atoms. The van der Waals surface area contributed by atoms with Gasteiger partial charge in [-0.15, -0.1) is 0 Å². The third kappa shape index (κ3) is 5.59. The average Bonchev–Trinajstić information content (AvgIpc) is 2.50. The molecule has 4 heteroatoms. The number of ether oxygens (including phenoxy) is 4. The van der Waals surface area contributed by atoms with Crippen molar-refractivity contribution >= 4 is 0 Å². The lowest BCUT2D eigenvalue weighted by Crippen LogP contribution is -2.34. The van der Waals surface area contributed by atoms with Crippen LogP contribution in [-0.2, 0) is 25.6 Å². The second-order valence-electron chi connectivity index (χ2n) is 5.02. The molecule has 2 rings (SSSR count). The van der Waals surface area contributed by atoms with Crippen molar-refractivity contribution in [3.63, 3.8) is 0 Å². The lowest BCUT2D eigenvalue weighted by molar-refractivity contribution is -0.113. The van der Waals surface area contributed by atoms with Gasteiger partial charge in [0.15, 0.2) is 0 Å². The van der Waals surface area contributed by atoms with Crippen LogP contribution >= 0.6 is 0 Å². The van der Waals surface area contributed by atoms with E-state index in [2.05, 4.69) is 12.1 Å². The van der Waals surface area contributed by atoms with Crippen LogP contribution < -0.4 is 0 Å². The smallest absolute Gasteiger partial charge is 0.0810 e. The van der Waals surface area contributed by atoms with Crippen LogP contribution in [0.3, 0.4) is 0 Å². The van der Waals surface area contributed by atoms with Crippen LogP contribution in [0.5, 0.6) is 0 Å². The fourth-order valence-corrected chi connectivity index (χ4v) is 2.23. The normalized spacial score (nSPS) is 22.9. The third-order valence-corrected chi connectivity index (χ3v) is 3.38. The Bertz CT molecular complexity index is 347. The summed E-state index contributed by atoms with van der Waals surface area (Å²) in [5.41, 5.74) is 1.20. The molecule has 0 saturated carbocycles. The molecule has 112 valence electrons. The van der Waals surface area contributed by atoms with E-state index in [1.807, 2.05) is 18.2 Å². The number of rotatable bonds is 8. The van der Waals surface area contributed by atoms with E-state index in [1.54, 1.807) is 7.11 Å². The SMILES string of the molecule is COCCO[C@H]1CC[C@H](COCc2ccccc2)OC1. The van der Waals surface area contributed by atoms with Gasteiger partial charge in [0, 0.05) is 7.11 Å². The van der Waals surface area contributed by atoms with Crippen molar-refractivity contribution in [2.75, 3.05) is 33.5 Å². The van der Waals surface area contributed by atoms with Crippen molar-refractivity contribution < 1.29 is 18.9 Å². The molecule has 0 N–H and O–H groups in total. The maximum Gasteiger partial charge on any atom is 0.0810 e. The van der Waals surface area contributed by atoms with Gasteiger partial charge in [0.05, 0.1) is 45.2 Å². The average molecular weight is 280 g/mol. The van der Waals surface area contributed by atoms with E-state index >= 15 is 0 Å². The number of hydrogen-bond acceptors (Lipinski definition) is 4. The summed E-state index contributed by atoms with van der Waals surface area (Å²) < 4.78 is 22.1. The monoisotopic (exact) mass is 280 g/mol. The van der Waals surface area contributed by atoms with Crippen molar-refractivity contribution in [3.8, 4) is 0 Å². The van der Waals surface area contributed by atoms with Gasteiger partial charge >= 0.3 is 0 Å². The maximum atomic E-state index is 5.77. The highest BCUT2D eigenvalue weighted by molar-refractivity contribution is 5.13. The lowest BCUT2D eigenvalue weighted by Gasteiger charge is -2.28. The molecule has 1 saturated heterocycles. The molecule has 0 radical (unpaired) electrons. The first kappa shape index (κ1) is 15.4. The minimum Gasteiger partial charge on any atom is -0.382 e. The standard InChI is InChI=1S/C16H24O4/c1-17-9-10-19-16-8-7-15(20-13-16)12-18-11-14-5-3-2-4-6-14/h2-6,15-16H,7-13H2,1H3/t15-,16+/m1/s1. The molecule has 0 unspecified atom stereocenters. The molecular weight excluding hydrogens is 256 g/mol. The molecule has 0 bridgehead atoms. The van der Waals surface area contributed by atoms with Crippen molar-refractivity contribution in [1.82, 2.24) is 0 Å². The summed E-state index contributed by atoms with van der Waals surface area (Å²) >= 11 is 0. The third-order valence-electron chi connectivity index (χ3n) is 3.38. The predicted octanol–water partition coefficient (Wildman–Crippen LogP) is 2.41. The molecule has 0 aromatic heterocycles. The Morgan fingerprint density at radius 2 is 2.00 bits per heavy atom.